The molecule has 12 heteroatoms. The van der Waals surface area contributed by atoms with Gasteiger partial charge in [-0.1, -0.05) is 5.11 Å². The number of nitrogens with zero attached hydrogens (tertiary/aromatic N) is 4. The fraction of sp³-hybridized carbons (Fsp3) is 0.643. The zero-order valence-corrected chi connectivity index (χ0v) is 14.1. The number of nitrogens with one attached hydrogen (secondary N) is 2. The molecule has 2 rings (SSSR count). The van der Waals surface area contributed by atoms with Gasteiger partial charge in [-0.15, -0.1) is 0 Å². The minimum Gasteiger partial charge on any atom is -0.447 e. The summed E-state index contributed by atoms with van der Waals surface area (Å²) in [6.45, 7) is 1.57. The quantitative estimate of drug-likeness (QED) is 0.263. The van der Waals surface area contributed by atoms with E-state index in [4.69, 9.17) is 20.1 Å². The number of carbonyl (C=O) groups is 1. The van der Waals surface area contributed by atoms with Gasteiger partial charge in [0.1, 0.15) is 18.9 Å². The molecule has 3 N–H and O–H groups in total. The third kappa shape index (κ3) is 4.85. The van der Waals surface area contributed by atoms with Gasteiger partial charge in [0.25, 0.3) is 5.56 Å². The number of azide groups is 1. The Balaban J connectivity index is 2.05. The number of hydrogen-bond donors (Lipinski definition) is 3. The second-order valence-corrected chi connectivity index (χ2v) is 5.72. The molecular formula is C14H20N6O6. The molecule has 1 saturated heterocycles. The number of ether oxygens (including phenoxy) is 2. The number of aliphatic hydroxyl groups is 1. The van der Waals surface area contributed by atoms with E-state index < -0.39 is 35.7 Å². The first kappa shape index (κ1) is 19.5. The Morgan fingerprint density at radius 3 is 3.08 bits per heavy atom. The molecule has 1 fully saturated rings. The lowest BCUT2D eigenvalue weighted by Gasteiger charge is -2.17. The topological polar surface area (TPSA) is 171 Å². The van der Waals surface area contributed by atoms with Crippen LogP contribution in [0, 0.1) is 6.92 Å². The van der Waals surface area contributed by atoms with Crippen molar-refractivity contribution in [1.29, 1.82) is 0 Å². The van der Waals surface area contributed by atoms with Crippen LogP contribution < -0.4 is 16.6 Å². The summed E-state index contributed by atoms with van der Waals surface area (Å²) in [5.74, 6) is 0. The smallest absolute Gasteiger partial charge is 0.407 e. The van der Waals surface area contributed by atoms with Crippen LogP contribution in [0.3, 0.4) is 0 Å². The molecule has 1 aliphatic heterocycles. The van der Waals surface area contributed by atoms with Gasteiger partial charge in [0, 0.05) is 36.2 Å². The molecule has 2 heterocycles. The van der Waals surface area contributed by atoms with Crippen LogP contribution in [0.4, 0.5) is 4.79 Å². The molecule has 1 aromatic heterocycles. The van der Waals surface area contributed by atoms with Crippen LogP contribution in [0.2, 0.25) is 0 Å². The molecule has 142 valence electrons. The molecule has 1 amide bonds. The molecule has 1 aliphatic rings. The van der Waals surface area contributed by atoms with Crippen LogP contribution in [-0.2, 0) is 9.47 Å². The summed E-state index contributed by atoms with van der Waals surface area (Å²) in [4.78, 5) is 39.9. The average Bonchev–Trinajstić information content (AvgIpc) is 2.99. The fourth-order valence-corrected chi connectivity index (χ4v) is 2.50. The van der Waals surface area contributed by atoms with Crippen molar-refractivity contribution in [3.05, 3.63) is 43.0 Å². The molecule has 0 bridgehead atoms. The van der Waals surface area contributed by atoms with E-state index in [-0.39, 0.29) is 26.2 Å². The number of carbonyl (C=O) groups excluding carboxylic acids is 1. The SMILES string of the molecule is Cc1cn([C@H]2C[C@H](N=[N+]=[N-])[C@@H](COC(=O)NCCCO)O2)c(=O)[nH]c1=O. The Hall–Kier alpha value is -2.82. The van der Waals surface area contributed by atoms with Crippen LogP contribution in [0.5, 0.6) is 0 Å². The van der Waals surface area contributed by atoms with Crippen molar-refractivity contribution in [1.82, 2.24) is 14.9 Å². The molecule has 0 radical (unpaired) electrons. The number of aromatic nitrogens is 2. The van der Waals surface area contributed by atoms with Gasteiger partial charge in [-0.25, -0.2) is 9.59 Å². The number of alkyl carbamates (subject to hydrolysis) is 1. The molecule has 26 heavy (non-hydrogen) atoms. The maximum Gasteiger partial charge on any atom is 0.407 e. The summed E-state index contributed by atoms with van der Waals surface area (Å²) >= 11 is 0. The molecule has 0 aliphatic carbocycles. The van der Waals surface area contributed by atoms with E-state index >= 15 is 0 Å². The Morgan fingerprint density at radius 1 is 1.62 bits per heavy atom. The van der Waals surface area contributed by atoms with Crippen LogP contribution in [0.25, 0.3) is 10.4 Å². The van der Waals surface area contributed by atoms with Gasteiger partial charge in [0.05, 0.1) is 6.04 Å². The van der Waals surface area contributed by atoms with E-state index in [2.05, 4.69) is 20.3 Å². The van der Waals surface area contributed by atoms with Gasteiger partial charge in [0.15, 0.2) is 0 Å². The molecular weight excluding hydrogens is 348 g/mol. The lowest BCUT2D eigenvalue weighted by atomic mass is 10.1. The number of aromatic amines is 1. The Bertz CT molecular complexity index is 798. The molecule has 0 spiro atoms. The maximum atomic E-state index is 12.0. The highest BCUT2D eigenvalue weighted by Gasteiger charge is 2.37. The van der Waals surface area contributed by atoms with Crippen molar-refractivity contribution in [2.45, 2.75) is 38.1 Å². The van der Waals surface area contributed by atoms with Gasteiger partial charge < -0.3 is 19.9 Å². The summed E-state index contributed by atoms with van der Waals surface area (Å²) in [6.07, 6.45) is -0.243. The van der Waals surface area contributed by atoms with Gasteiger partial charge in [-0.3, -0.25) is 14.3 Å². The predicted molar refractivity (Wildman–Crippen MR) is 88.6 cm³/mol. The van der Waals surface area contributed by atoms with Gasteiger partial charge in [-0.05, 0) is 18.9 Å². The number of aryl methyl sites for hydroxylation is 1. The third-order valence-electron chi connectivity index (χ3n) is 3.84. The maximum absolute atomic E-state index is 12.0. The summed E-state index contributed by atoms with van der Waals surface area (Å²) in [6, 6.07) is -0.644. The molecule has 0 unspecified atom stereocenters. The largest absolute Gasteiger partial charge is 0.447 e. The summed E-state index contributed by atoms with van der Waals surface area (Å²) in [7, 11) is 0. The van der Waals surface area contributed by atoms with Crippen molar-refractivity contribution in [3.8, 4) is 0 Å². The van der Waals surface area contributed by atoms with Crippen molar-refractivity contribution in [2.75, 3.05) is 19.8 Å². The van der Waals surface area contributed by atoms with Crippen molar-refractivity contribution in [3.63, 3.8) is 0 Å². The Morgan fingerprint density at radius 2 is 2.38 bits per heavy atom. The van der Waals surface area contributed by atoms with E-state index in [9.17, 15) is 14.4 Å². The van der Waals surface area contributed by atoms with Crippen molar-refractivity contribution >= 4 is 6.09 Å². The molecule has 12 nitrogen and oxygen atoms in total. The zero-order chi connectivity index (χ0) is 19.1. The summed E-state index contributed by atoms with van der Waals surface area (Å²) < 4.78 is 11.9. The van der Waals surface area contributed by atoms with E-state index in [1.165, 1.54) is 10.8 Å². The van der Waals surface area contributed by atoms with Crippen molar-refractivity contribution < 1.29 is 19.4 Å². The van der Waals surface area contributed by atoms with Gasteiger partial charge in [-0.2, -0.15) is 0 Å². The normalized spacial score (nSPS) is 21.8. The first-order valence-electron chi connectivity index (χ1n) is 7.99. The van der Waals surface area contributed by atoms with Gasteiger partial charge >= 0.3 is 11.8 Å². The number of amides is 1. The standard InChI is InChI=1S/C14H20N6O6/c1-8-6-20(13(23)17-12(8)22)11-5-9(18-19-15)10(26-11)7-25-14(24)16-3-2-4-21/h6,9-11,21H,2-5,7H2,1H3,(H,16,24)(H,17,22,23)/t9-,10+,11+/m0/s1. The second kappa shape index (κ2) is 9.04. The monoisotopic (exact) mass is 368 g/mol. The number of H-pyrrole nitrogens is 1. The van der Waals surface area contributed by atoms with Crippen LogP contribution in [-0.4, -0.2) is 52.7 Å². The van der Waals surface area contributed by atoms with E-state index in [0.717, 1.165) is 0 Å². The van der Waals surface area contributed by atoms with Gasteiger partial charge in [0.2, 0.25) is 0 Å². The Labute approximate surface area is 147 Å². The average molecular weight is 368 g/mol. The minimum absolute atomic E-state index is 0.0556. The lowest BCUT2D eigenvalue weighted by molar-refractivity contribution is -0.0307. The third-order valence-corrected chi connectivity index (χ3v) is 3.84. The van der Waals surface area contributed by atoms with Crippen LogP contribution >= 0.6 is 0 Å². The van der Waals surface area contributed by atoms with Crippen LogP contribution in [0.15, 0.2) is 20.9 Å². The Kier molecular flexibility index (Phi) is 6.78. The summed E-state index contributed by atoms with van der Waals surface area (Å²) in [5, 5.41) is 14.7. The minimum atomic E-state index is -0.764. The highest BCUT2D eigenvalue weighted by atomic mass is 16.6. The van der Waals surface area contributed by atoms with Crippen LogP contribution in [0.1, 0.15) is 24.6 Å². The number of aliphatic hydroxyl groups excluding tert-OH is 1. The first-order valence-corrected chi connectivity index (χ1v) is 7.99. The van der Waals surface area contributed by atoms with E-state index in [0.29, 0.717) is 12.0 Å². The van der Waals surface area contributed by atoms with Crippen molar-refractivity contribution in [2.24, 2.45) is 5.11 Å². The fourth-order valence-electron chi connectivity index (χ4n) is 2.50. The highest BCUT2D eigenvalue weighted by Crippen LogP contribution is 2.30. The van der Waals surface area contributed by atoms with E-state index in [1.54, 1.807) is 6.92 Å². The molecule has 0 aromatic carbocycles. The summed E-state index contributed by atoms with van der Waals surface area (Å²) in [5.41, 5.74) is 7.89. The second-order valence-electron chi connectivity index (χ2n) is 5.72. The lowest BCUT2D eigenvalue weighted by Crippen LogP contribution is -2.34. The molecule has 1 aromatic rings. The highest BCUT2D eigenvalue weighted by molar-refractivity contribution is 5.67. The molecule has 3 atom stereocenters. The number of rotatable bonds is 7. The first-order chi connectivity index (χ1) is 12.5. The van der Waals surface area contributed by atoms with E-state index in [1.807, 2.05) is 0 Å². The number of hydrogen-bond acceptors (Lipinski definition) is 7. The zero-order valence-electron chi connectivity index (χ0n) is 14.1. The molecule has 0 saturated carbocycles. The predicted octanol–water partition coefficient (Wildman–Crippen LogP) is -0.0800.